The lowest BCUT2D eigenvalue weighted by Crippen LogP contribution is -2.22. The van der Waals surface area contributed by atoms with E-state index in [2.05, 4.69) is 28.9 Å². The molecule has 6 heteroatoms. The second-order valence-electron chi connectivity index (χ2n) is 5.61. The van der Waals surface area contributed by atoms with Crippen LogP contribution in [-0.2, 0) is 12.3 Å². The topological polar surface area (TPSA) is 52.2 Å². The van der Waals surface area contributed by atoms with E-state index in [1.807, 2.05) is 46.9 Å². The molecule has 0 aliphatic carbocycles. The largest absolute Gasteiger partial charge is 0.272 e. The molecule has 4 rings (SSSR count). The van der Waals surface area contributed by atoms with Gasteiger partial charge in [-0.3, -0.25) is 13.8 Å². The van der Waals surface area contributed by atoms with E-state index >= 15 is 0 Å². The van der Waals surface area contributed by atoms with Crippen LogP contribution >= 0.6 is 11.8 Å². The predicted octanol–water partition coefficient (Wildman–Crippen LogP) is 3.52. The number of hydrogen-bond donors (Lipinski definition) is 0. The smallest absolute Gasteiger partial charge is 0.263 e. The Kier molecular flexibility index (Phi) is 4.11. The summed E-state index contributed by atoms with van der Waals surface area (Å²) in [6.07, 6.45) is 1.70. The van der Waals surface area contributed by atoms with Gasteiger partial charge in [0.1, 0.15) is 0 Å². The Balaban J connectivity index is 1.89. The summed E-state index contributed by atoms with van der Waals surface area (Å²) in [7, 11) is 0. The molecule has 124 valence electrons. The van der Waals surface area contributed by atoms with Crippen molar-refractivity contribution in [2.75, 3.05) is 0 Å². The van der Waals surface area contributed by atoms with Gasteiger partial charge in [-0.05, 0) is 17.7 Å². The van der Waals surface area contributed by atoms with Gasteiger partial charge in [0.25, 0.3) is 5.56 Å². The number of hydrogen-bond acceptors (Lipinski definition) is 4. The number of rotatable bonds is 5. The third-order valence-electron chi connectivity index (χ3n) is 4.00. The zero-order valence-electron chi connectivity index (χ0n) is 13.5. The number of aromatic nitrogens is 4. The molecule has 0 aliphatic rings. The average Bonchev–Trinajstić information content (AvgIpc) is 3.08. The van der Waals surface area contributed by atoms with Gasteiger partial charge in [-0.1, -0.05) is 60.3 Å². The SMILES string of the molecule is C=CCn1c(=O)c2ccccc2n2c(SCc3ccccc3)nnc12. The Bertz CT molecular complexity index is 1110. The summed E-state index contributed by atoms with van der Waals surface area (Å²) in [6.45, 7) is 4.14. The lowest BCUT2D eigenvalue weighted by atomic mass is 10.2. The summed E-state index contributed by atoms with van der Waals surface area (Å²) in [6, 6.07) is 17.8. The molecule has 0 aliphatic heterocycles. The molecule has 0 N–H and O–H groups in total. The van der Waals surface area contributed by atoms with Crippen LogP contribution < -0.4 is 5.56 Å². The highest BCUT2D eigenvalue weighted by Gasteiger charge is 2.16. The zero-order valence-corrected chi connectivity index (χ0v) is 14.3. The van der Waals surface area contributed by atoms with Crippen LogP contribution in [0.1, 0.15) is 5.56 Å². The van der Waals surface area contributed by atoms with Crippen LogP contribution in [0.25, 0.3) is 16.7 Å². The van der Waals surface area contributed by atoms with Gasteiger partial charge in [0.05, 0.1) is 10.9 Å². The quantitative estimate of drug-likeness (QED) is 0.409. The van der Waals surface area contributed by atoms with Crippen LogP contribution in [0.2, 0.25) is 0 Å². The van der Waals surface area contributed by atoms with E-state index in [0.29, 0.717) is 17.7 Å². The summed E-state index contributed by atoms with van der Waals surface area (Å²) >= 11 is 1.61. The molecule has 4 aromatic rings. The molecule has 0 radical (unpaired) electrons. The molecule has 0 fully saturated rings. The minimum absolute atomic E-state index is 0.0741. The number of para-hydroxylation sites is 1. The first kappa shape index (κ1) is 15.7. The highest BCUT2D eigenvalue weighted by molar-refractivity contribution is 7.98. The number of fused-ring (bicyclic) bond motifs is 3. The molecule has 2 aromatic heterocycles. The molecule has 0 bridgehead atoms. The summed E-state index contributed by atoms with van der Waals surface area (Å²) in [5.41, 5.74) is 1.96. The van der Waals surface area contributed by atoms with Gasteiger partial charge in [0.2, 0.25) is 5.78 Å². The van der Waals surface area contributed by atoms with E-state index < -0.39 is 0 Å². The molecule has 2 aromatic carbocycles. The second kappa shape index (κ2) is 6.57. The summed E-state index contributed by atoms with van der Waals surface area (Å²) in [4.78, 5) is 12.7. The van der Waals surface area contributed by atoms with Crippen LogP contribution in [-0.4, -0.2) is 19.2 Å². The second-order valence-corrected chi connectivity index (χ2v) is 6.56. The molecule has 25 heavy (non-hydrogen) atoms. The van der Waals surface area contributed by atoms with Crippen molar-refractivity contribution in [1.82, 2.24) is 19.2 Å². The molecule has 0 saturated carbocycles. The molecule has 0 saturated heterocycles. The Morgan fingerprint density at radius 2 is 1.80 bits per heavy atom. The molecule has 0 unspecified atom stereocenters. The summed E-state index contributed by atoms with van der Waals surface area (Å²) in [5.74, 6) is 1.33. The van der Waals surface area contributed by atoms with Gasteiger partial charge in [-0.2, -0.15) is 0 Å². The summed E-state index contributed by atoms with van der Waals surface area (Å²) in [5, 5.41) is 10.0. The maximum atomic E-state index is 12.7. The van der Waals surface area contributed by atoms with Gasteiger partial charge < -0.3 is 0 Å². The predicted molar refractivity (Wildman–Crippen MR) is 101 cm³/mol. The van der Waals surface area contributed by atoms with E-state index in [4.69, 9.17) is 0 Å². The number of nitrogens with zero attached hydrogens (tertiary/aromatic N) is 4. The Hall–Kier alpha value is -2.86. The molecular formula is C19H16N4OS. The van der Waals surface area contributed by atoms with Crippen molar-refractivity contribution in [3.05, 3.63) is 83.2 Å². The van der Waals surface area contributed by atoms with Gasteiger partial charge in [0.15, 0.2) is 5.16 Å². The van der Waals surface area contributed by atoms with Crippen LogP contribution in [0, 0.1) is 0 Å². The van der Waals surface area contributed by atoms with Crippen molar-refractivity contribution >= 4 is 28.4 Å². The molecule has 0 spiro atoms. The third-order valence-corrected chi connectivity index (χ3v) is 5.00. The minimum atomic E-state index is -0.0741. The van der Waals surface area contributed by atoms with E-state index in [1.165, 1.54) is 5.56 Å². The normalized spacial score (nSPS) is 11.2. The molecular weight excluding hydrogens is 332 g/mol. The first-order valence-electron chi connectivity index (χ1n) is 7.94. The highest BCUT2D eigenvalue weighted by Crippen LogP contribution is 2.24. The Labute approximate surface area is 148 Å². The maximum Gasteiger partial charge on any atom is 0.263 e. The van der Waals surface area contributed by atoms with Crippen LogP contribution in [0.3, 0.4) is 0 Å². The Morgan fingerprint density at radius 1 is 1.04 bits per heavy atom. The van der Waals surface area contributed by atoms with E-state index in [-0.39, 0.29) is 5.56 Å². The zero-order chi connectivity index (χ0) is 17.2. The van der Waals surface area contributed by atoms with Crippen molar-refractivity contribution in [3.8, 4) is 0 Å². The molecule has 5 nitrogen and oxygen atoms in total. The minimum Gasteiger partial charge on any atom is -0.272 e. The van der Waals surface area contributed by atoms with E-state index in [1.54, 1.807) is 22.4 Å². The number of thioether (sulfide) groups is 1. The molecule has 0 amide bonds. The fraction of sp³-hybridized carbons (Fsp3) is 0.105. The standard InChI is InChI=1S/C19H16N4OS/c1-2-12-22-17(24)15-10-6-7-11-16(15)23-18(22)20-21-19(23)25-13-14-8-4-3-5-9-14/h2-11H,1,12-13H2. The van der Waals surface area contributed by atoms with E-state index in [0.717, 1.165) is 16.4 Å². The Morgan fingerprint density at radius 3 is 2.60 bits per heavy atom. The lowest BCUT2D eigenvalue weighted by molar-refractivity contribution is 0.783. The van der Waals surface area contributed by atoms with Crippen molar-refractivity contribution in [2.45, 2.75) is 17.5 Å². The van der Waals surface area contributed by atoms with Crippen molar-refractivity contribution < 1.29 is 0 Å². The van der Waals surface area contributed by atoms with Crippen molar-refractivity contribution in [2.24, 2.45) is 0 Å². The van der Waals surface area contributed by atoms with Crippen molar-refractivity contribution in [1.29, 1.82) is 0 Å². The fourth-order valence-corrected chi connectivity index (χ4v) is 3.74. The van der Waals surface area contributed by atoms with Gasteiger partial charge >= 0.3 is 0 Å². The van der Waals surface area contributed by atoms with Gasteiger partial charge in [-0.25, -0.2) is 0 Å². The van der Waals surface area contributed by atoms with Crippen LogP contribution in [0.4, 0.5) is 0 Å². The van der Waals surface area contributed by atoms with E-state index in [9.17, 15) is 4.79 Å². The molecule has 2 heterocycles. The summed E-state index contributed by atoms with van der Waals surface area (Å²) < 4.78 is 3.56. The third kappa shape index (κ3) is 2.74. The highest BCUT2D eigenvalue weighted by atomic mass is 32.2. The number of allylic oxidation sites excluding steroid dienone is 1. The monoisotopic (exact) mass is 348 g/mol. The van der Waals surface area contributed by atoms with Crippen molar-refractivity contribution in [3.63, 3.8) is 0 Å². The lowest BCUT2D eigenvalue weighted by Gasteiger charge is -2.09. The van der Waals surface area contributed by atoms with Gasteiger partial charge in [-0.15, -0.1) is 16.8 Å². The van der Waals surface area contributed by atoms with Gasteiger partial charge in [0, 0.05) is 12.3 Å². The first-order valence-corrected chi connectivity index (χ1v) is 8.92. The van der Waals surface area contributed by atoms with Crippen LogP contribution in [0.15, 0.2) is 77.2 Å². The first-order chi connectivity index (χ1) is 12.3. The average molecular weight is 348 g/mol. The fourth-order valence-electron chi connectivity index (χ4n) is 2.84. The maximum absolute atomic E-state index is 12.7. The van der Waals surface area contributed by atoms with Crippen LogP contribution in [0.5, 0.6) is 0 Å². The molecule has 0 atom stereocenters. The number of benzene rings is 2.